The normalized spacial score (nSPS) is 18.1. The minimum absolute atomic E-state index is 0.00634. The van der Waals surface area contributed by atoms with Gasteiger partial charge in [0.2, 0.25) is 11.6 Å². The van der Waals surface area contributed by atoms with Gasteiger partial charge >= 0.3 is 0 Å². The molecule has 5 rings (SSSR count). The summed E-state index contributed by atoms with van der Waals surface area (Å²) in [5.41, 5.74) is 0.896. The molecule has 9 heteroatoms. The van der Waals surface area contributed by atoms with Gasteiger partial charge in [0.1, 0.15) is 5.92 Å². The molecule has 1 aliphatic rings. The van der Waals surface area contributed by atoms with Crippen LogP contribution in [-0.2, 0) is 16.1 Å². The summed E-state index contributed by atoms with van der Waals surface area (Å²) >= 11 is 0. The molecule has 0 aliphatic carbocycles. The summed E-state index contributed by atoms with van der Waals surface area (Å²) in [4.78, 5) is 49.6. The van der Waals surface area contributed by atoms with E-state index in [-0.39, 0.29) is 5.76 Å². The van der Waals surface area contributed by atoms with Gasteiger partial charge in [-0.15, -0.1) is 0 Å². The van der Waals surface area contributed by atoms with Crippen LogP contribution in [0, 0.1) is 5.92 Å². The average molecular weight is 458 g/mol. The molecule has 0 spiro atoms. The fourth-order valence-electron chi connectivity index (χ4n) is 4.42. The van der Waals surface area contributed by atoms with Crippen molar-refractivity contribution in [3.63, 3.8) is 0 Å². The topological polar surface area (TPSA) is 108 Å². The molecule has 1 saturated heterocycles. The van der Waals surface area contributed by atoms with E-state index in [1.54, 1.807) is 61.2 Å². The highest BCUT2D eigenvalue weighted by atomic mass is 16.5. The van der Waals surface area contributed by atoms with Gasteiger partial charge in [-0.3, -0.25) is 19.4 Å². The predicted molar refractivity (Wildman–Crippen MR) is 121 cm³/mol. The zero-order valence-electron chi connectivity index (χ0n) is 18.5. The van der Waals surface area contributed by atoms with E-state index in [0.29, 0.717) is 41.9 Å². The largest absolute Gasteiger partial charge is 0.493 e. The standard InChI is InChI=1S/C25H22N4O5/c1-33-18-8-4-6-16-14-19(34-24(16)18)22(30)20-21(17-7-2-3-9-27-17)29(25(32)23(20)31)12-5-11-28-13-10-26-15-28/h2-4,6-10,13-15,20-21H,5,11-12H2,1H3. The summed E-state index contributed by atoms with van der Waals surface area (Å²) in [5, 5.41) is 0.672. The zero-order valence-corrected chi connectivity index (χ0v) is 18.5. The van der Waals surface area contributed by atoms with Crippen LogP contribution in [0.1, 0.15) is 28.7 Å². The monoisotopic (exact) mass is 458 g/mol. The van der Waals surface area contributed by atoms with Crippen LogP contribution >= 0.6 is 0 Å². The second-order valence-electron chi connectivity index (χ2n) is 8.05. The Morgan fingerprint density at radius 2 is 2.00 bits per heavy atom. The number of ketones is 2. The van der Waals surface area contributed by atoms with E-state index in [1.807, 2.05) is 10.8 Å². The van der Waals surface area contributed by atoms with E-state index in [9.17, 15) is 14.4 Å². The van der Waals surface area contributed by atoms with Crippen molar-refractivity contribution in [2.45, 2.75) is 19.0 Å². The van der Waals surface area contributed by atoms with Gasteiger partial charge in [-0.05, 0) is 30.7 Å². The number of carbonyl (C=O) groups is 3. The number of methoxy groups -OCH3 is 1. The van der Waals surface area contributed by atoms with Gasteiger partial charge in [-0.1, -0.05) is 18.2 Å². The van der Waals surface area contributed by atoms with E-state index in [4.69, 9.17) is 9.15 Å². The Kier molecular flexibility index (Phi) is 5.67. The lowest BCUT2D eigenvalue weighted by Crippen LogP contribution is -2.32. The lowest BCUT2D eigenvalue weighted by molar-refractivity contribution is -0.140. The van der Waals surface area contributed by atoms with Crippen molar-refractivity contribution in [2.24, 2.45) is 5.92 Å². The van der Waals surface area contributed by atoms with Crippen LogP contribution in [0.2, 0.25) is 0 Å². The first-order valence-electron chi connectivity index (χ1n) is 10.9. The number of para-hydroxylation sites is 1. The Morgan fingerprint density at radius 3 is 2.74 bits per heavy atom. The van der Waals surface area contributed by atoms with E-state index in [0.717, 1.165) is 0 Å². The molecule has 2 unspecified atom stereocenters. The van der Waals surface area contributed by atoms with Crippen LogP contribution in [0.25, 0.3) is 11.0 Å². The number of fused-ring (bicyclic) bond motifs is 1. The van der Waals surface area contributed by atoms with Crippen LogP contribution in [0.5, 0.6) is 5.75 Å². The molecule has 172 valence electrons. The molecule has 9 nitrogen and oxygen atoms in total. The maximum Gasteiger partial charge on any atom is 0.291 e. The van der Waals surface area contributed by atoms with Crippen LogP contribution in [0.3, 0.4) is 0 Å². The molecule has 4 heterocycles. The van der Waals surface area contributed by atoms with E-state index >= 15 is 0 Å². The lowest BCUT2D eigenvalue weighted by Gasteiger charge is -2.26. The molecular formula is C25H22N4O5. The van der Waals surface area contributed by atoms with Gasteiger partial charge in [0.05, 0.1) is 25.2 Å². The molecule has 0 saturated carbocycles. The number of aryl methyl sites for hydroxylation is 1. The number of furan rings is 1. The maximum absolute atomic E-state index is 13.6. The second-order valence-corrected chi connectivity index (χ2v) is 8.05. The van der Waals surface area contributed by atoms with Crippen molar-refractivity contribution in [3.05, 3.63) is 78.8 Å². The number of ether oxygens (including phenoxy) is 1. The fourth-order valence-corrected chi connectivity index (χ4v) is 4.42. The molecule has 1 amide bonds. The quantitative estimate of drug-likeness (QED) is 0.227. The highest BCUT2D eigenvalue weighted by Gasteiger charge is 2.52. The molecule has 0 radical (unpaired) electrons. The Bertz CT molecular complexity index is 1350. The number of hydrogen-bond donors (Lipinski definition) is 0. The molecule has 0 N–H and O–H groups in total. The molecular weight excluding hydrogens is 436 g/mol. The maximum atomic E-state index is 13.6. The number of Topliss-reactive ketones (excluding diaryl/α,β-unsaturated/α-hetero) is 2. The third-order valence-corrected chi connectivity index (χ3v) is 6.02. The number of hydrogen-bond acceptors (Lipinski definition) is 7. The minimum atomic E-state index is -1.25. The van der Waals surface area contributed by atoms with Crippen molar-refractivity contribution in [3.8, 4) is 5.75 Å². The number of likely N-dealkylation sites (tertiary alicyclic amines) is 1. The van der Waals surface area contributed by atoms with Crippen LogP contribution in [-0.4, -0.2) is 50.6 Å². The van der Waals surface area contributed by atoms with Crippen molar-refractivity contribution in [2.75, 3.05) is 13.7 Å². The van der Waals surface area contributed by atoms with Crippen molar-refractivity contribution in [1.82, 2.24) is 19.4 Å². The van der Waals surface area contributed by atoms with E-state index < -0.39 is 29.4 Å². The highest BCUT2D eigenvalue weighted by Crippen LogP contribution is 2.39. The van der Waals surface area contributed by atoms with Gasteiger partial charge < -0.3 is 18.6 Å². The summed E-state index contributed by atoms with van der Waals surface area (Å²) < 4.78 is 13.0. The summed E-state index contributed by atoms with van der Waals surface area (Å²) in [7, 11) is 1.51. The fraction of sp³-hybridized carbons (Fsp3) is 0.240. The minimum Gasteiger partial charge on any atom is -0.493 e. The Morgan fingerprint density at radius 1 is 1.12 bits per heavy atom. The summed E-state index contributed by atoms with van der Waals surface area (Å²) in [6, 6.07) is 11.3. The molecule has 3 aromatic heterocycles. The SMILES string of the molecule is COc1cccc2cc(C(=O)C3C(=O)C(=O)N(CCCn4ccnc4)C3c3ccccn3)oc12. The van der Waals surface area contributed by atoms with Crippen LogP contribution in [0.15, 0.2) is 71.8 Å². The second kappa shape index (κ2) is 8.93. The highest BCUT2D eigenvalue weighted by molar-refractivity contribution is 6.43. The molecule has 1 fully saturated rings. The Labute approximate surface area is 195 Å². The van der Waals surface area contributed by atoms with E-state index in [2.05, 4.69) is 9.97 Å². The Balaban J connectivity index is 1.48. The zero-order chi connectivity index (χ0) is 23.7. The van der Waals surface area contributed by atoms with Gasteiger partial charge in [-0.2, -0.15) is 0 Å². The first kappa shape index (κ1) is 21.6. The first-order chi connectivity index (χ1) is 16.6. The van der Waals surface area contributed by atoms with Crippen molar-refractivity contribution >= 4 is 28.4 Å². The van der Waals surface area contributed by atoms with Crippen LogP contribution < -0.4 is 4.74 Å². The molecule has 1 aliphatic heterocycles. The molecule has 4 aromatic rings. The number of pyridine rings is 1. The number of benzene rings is 1. The lowest BCUT2D eigenvalue weighted by atomic mass is 9.90. The molecule has 34 heavy (non-hydrogen) atoms. The number of imidazole rings is 1. The summed E-state index contributed by atoms with van der Waals surface area (Å²) in [6.45, 7) is 0.913. The summed E-state index contributed by atoms with van der Waals surface area (Å²) in [6.07, 6.45) is 7.37. The van der Waals surface area contributed by atoms with Crippen molar-refractivity contribution < 1.29 is 23.5 Å². The number of nitrogens with zero attached hydrogens (tertiary/aromatic N) is 4. The smallest absolute Gasteiger partial charge is 0.291 e. The molecule has 2 atom stereocenters. The molecule has 1 aromatic carbocycles. The Hall–Kier alpha value is -4.27. The first-order valence-corrected chi connectivity index (χ1v) is 10.9. The van der Waals surface area contributed by atoms with Gasteiger partial charge in [-0.25, -0.2) is 4.98 Å². The predicted octanol–water partition coefficient (Wildman–Crippen LogP) is 3.07. The molecule has 0 bridgehead atoms. The van der Waals surface area contributed by atoms with Gasteiger partial charge in [0, 0.05) is 37.1 Å². The van der Waals surface area contributed by atoms with Gasteiger partial charge in [0.25, 0.3) is 5.91 Å². The van der Waals surface area contributed by atoms with Crippen molar-refractivity contribution in [1.29, 1.82) is 0 Å². The average Bonchev–Trinajstić information content (AvgIpc) is 3.59. The third kappa shape index (κ3) is 3.75. The number of rotatable bonds is 8. The third-order valence-electron chi connectivity index (χ3n) is 6.02. The van der Waals surface area contributed by atoms with Crippen LogP contribution in [0.4, 0.5) is 0 Å². The number of carbonyl (C=O) groups excluding carboxylic acids is 3. The summed E-state index contributed by atoms with van der Waals surface area (Å²) in [5.74, 6) is -2.75. The van der Waals surface area contributed by atoms with Gasteiger partial charge in [0.15, 0.2) is 17.1 Å². The van der Waals surface area contributed by atoms with E-state index in [1.165, 1.54) is 12.0 Å². The number of aromatic nitrogens is 3. The number of amides is 1.